The Kier molecular flexibility index (Phi) is 9.61. The van der Waals surface area contributed by atoms with Crippen LogP contribution in [0.4, 0.5) is 4.79 Å². The number of hydrogen-bond donors (Lipinski definition) is 2. The van der Waals surface area contributed by atoms with Crippen molar-refractivity contribution in [2.24, 2.45) is 0 Å². The van der Waals surface area contributed by atoms with Crippen molar-refractivity contribution in [3.05, 3.63) is 71.1 Å². The molecule has 44 heavy (non-hydrogen) atoms. The molecule has 1 saturated carbocycles. The van der Waals surface area contributed by atoms with Gasteiger partial charge < -0.3 is 25.0 Å². The minimum atomic E-state index is -1.10. The number of benzene rings is 2. The predicted octanol–water partition coefficient (Wildman–Crippen LogP) is 4.95. The van der Waals surface area contributed by atoms with Gasteiger partial charge in [-0.2, -0.15) is 0 Å². The summed E-state index contributed by atoms with van der Waals surface area (Å²) in [5.74, 6) is -0.982. The van der Waals surface area contributed by atoms with Crippen LogP contribution in [0.15, 0.2) is 60.7 Å². The molecule has 0 radical (unpaired) electrons. The summed E-state index contributed by atoms with van der Waals surface area (Å²) >= 11 is 1.42. The lowest BCUT2D eigenvalue weighted by molar-refractivity contribution is -0.185. The molecule has 9 nitrogen and oxygen atoms in total. The maximum Gasteiger partial charge on any atom is 0.324 e. The summed E-state index contributed by atoms with van der Waals surface area (Å²) in [6.45, 7) is 4.69. The summed E-state index contributed by atoms with van der Waals surface area (Å²) in [6, 6.07) is 19.2. The second-order valence-electron chi connectivity index (χ2n) is 12.1. The third-order valence-electron chi connectivity index (χ3n) is 9.18. The lowest BCUT2D eigenvalue weighted by atomic mass is 9.94. The van der Waals surface area contributed by atoms with Gasteiger partial charge in [0.1, 0.15) is 5.54 Å². The molecule has 4 amide bonds. The number of carbonyl (C=O) groups is 3. The summed E-state index contributed by atoms with van der Waals surface area (Å²) in [5.41, 5.74) is -0.0546. The Morgan fingerprint density at radius 1 is 0.909 bits per heavy atom. The monoisotopic (exact) mass is 618 g/mol. The normalized spacial score (nSPS) is 19.3. The van der Waals surface area contributed by atoms with Gasteiger partial charge in [0.05, 0.1) is 18.1 Å². The first-order valence-electron chi connectivity index (χ1n) is 15.9. The number of nitrogens with zero attached hydrogens (tertiary/aromatic N) is 2. The summed E-state index contributed by atoms with van der Waals surface area (Å²) in [7, 11) is 0. The molecule has 3 fully saturated rings. The lowest BCUT2D eigenvalue weighted by Crippen LogP contribution is -2.61. The van der Waals surface area contributed by atoms with Crippen LogP contribution in [0.1, 0.15) is 60.2 Å². The number of thiophene rings is 1. The van der Waals surface area contributed by atoms with E-state index in [4.69, 9.17) is 9.47 Å². The maximum atomic E-state index is 14.3. The highest BCUT2D eigenvalue weighted by atomic mass is 32.1. The van der Waals surface area contributed by atoms with Crippen molar-refractivity contribution in [3.8, 4) is 0 Å². The number of hydrogen-bond acceptors (Lipinski definition) is 7. The number of amides is 4. The number of nitrogens with one attached hydrogen (secondary N) is 2. The Hall–Kier alpha value is -3.31. The molecule has 0 unspecified atom stereocenters. The van der Waals surface area contributed by atoms with Gasteiger partial charge in [-0.15, -0.1) is 11.3 Å². The van der Waals surface area contributed by atoms with Gasteiger partial charge in [0, 0.05) is 43.7 Å². The topological polar surface area (TPSA) is 100 Å². The molecule has 2 N–H and O–H groups in total. The summed E-state index contributed by atoms with van der Waals surface area (Å²) < 4.78 is 12.7. The molecule has 234 valence electrons. The number of imide groups is 1. The van der Waals surface area contributed by atoms with E-state index in [1.807, 2.05) is 60.7 Å². The number of fused-ring (bicyclic) bond motifs is 1. The van der Waals surface area contributed by atoms with Crippen LogP contribution >= 0.6 is 11.3 Å². The molecule has 6 rings (SSSR count). The minimum absolute atomic E-state index is 0.239. The van der Waals surface area contributed by atoms with Gasteiger partial charge in [-0.05, 0) is 55.3 Å². The van der Waals surface area contributed by atoms with Gasteiger partial charge in [0.25, 0.3) is 11.8 Å². The average Bonchev–Trinajstić information content (AvgIpc) is 3.82. The Labute approximate surface area is 262 Å². The Bertz CT molecular complexity index is 1410. The summed E-state index contributed by atoms with van der Waals surface area (Å²) in [5, 5.41) is 7.12. The van der Waals surface area contributed by atoms with Crippen LogP contribution in [-0.4, -0.2) is 84.9 Å². The minimum Gasteiger partial charge on any atom is -0.347 e. The molecule has 10 heteroatoms. The smallest absolute Gasteiger partial charge is 0.324 e. The van der Waals surface area contributed by atoms with Crippen LogP contribution in [0, 0.1) is 0 Å². The van der Waals surface area contributed by atoms with E-state index < -0.39 is 17.4 Å². The van der Waals surface area contributed by atoms with E-state index in [0.717, 1.165) is 67.4 Å². The Morgan fingerprint density at radius 2 is 1.61 bits per heavy atom. The lowest BCUT2D eigenvalue weighted by Gasteiger charge is -2.37. The molecule has 1 aliphatic carbocycles. The van der Waals surface area contributed by atoms with E-state index in [9.17, 15) is 14.4 Å². The highest BCUT2D eigenvalue weighted by Gasteiger charge is 2.46. The van der Waals surface area contributed by atoms with Gasteiger partial charge in [-0.3, -0.25) is 14.5 Å². The van der Waals surface area contributed by atoms with Gasteiger partial charge >= 0.3 is 6.03 Å². The van der Waals surface area contributed by atoms with Crippen molar-refractivity contribution in [1.82, 2.24) is 20.4 Å². The fourth-order valence-electron chi connectivity index (χ4n) is 6.68. The predicted molar refractivity (Wildman–Crippen MR) is 171 cm³/mol. The van der Waals surface area contributed by atoms with E-state index in [1.54, 1.807) is 0 Å². The van der Waals surface area contributed by atoms with E-state index in [2.05, 4.69) is 15.5 Å². The summed E-state index contributed by atoms with van der Waals surface area (Å²) in [4.78, 5) is 45.7. The molecule has 2 aromatic carbocycles. The molecule has 0 atom stereocenters. The number of piperidine rings is 1. The van der Waals surface area contributed by atoms with Crippen LogP contribution in [0.5, 0.6) is 0 Å². The molecule has 0 bridgehead atoms. The second kappa shape index (κ2) is 13.8. The molecule has 3 aromatic rings. The zero-order valence-corrected chi connectivity index (χ0v) is 26.0. The molecule has 3 aliphatic rings. The van der Waals surface area contributed by atoms with Gasteiger partial charge in [-0.25, -0.2) is 4.79 Å². The van der Waals surface area contributed by atoms with Crippen LogP contribution in [0.2, 0.25) is 0 Å². The van der Waals surface area contributed by atoms with E-state index >= 15 is 0 Å². The first kappa shape index (κ1) is 30.7. The molecule has 1 aromatic heterocycles. The van der Waals surface area contributed by atoms with Crippen molar-refractivity contribution in [1.29, 1.82) is 0 Å². The number of carbonyl (C=O) groups excluding carboxylic acids is 3. The standard InChI is InChI=1S/C34H42N4O5S/c39-30(29-25-27-11-4-5-12-28(27)44-29)36-33(14-6-7-15-33)31(40)38(20-13-26-9-2-1-3-10-26)32(41)35-18-8-19-37-21-16-34(17-22-37)42-23-24-43-34/h1-5,9-12,25H,6-8,13-24H2,(H,35,41)(H,36,39). The van der Waals surface area contributed by atoms with Crippen LogP contribution in [0.25, 0.3) is 10.1 Å². The first-order chi connectivity index (χ1) is 21.5. The third kappa shape index (κ3) is 6.99. The second-order valence-corrected chi connectivity index (χ2v) is 13.2. The number of rotatable bonds is 10. The highest BCUT2D eigenvalue weighted by Crippen LogP contribution is 2.34. The van der Waals surface area contributed by atoms with E-state index in [-0.39, 0.29) is 18.4 Å². The van der Waals surface area contributed by atoms with Crippen molar-refractivity contribution in [2.45, 2.75) is 62.7 Å². The molecule has 1 spiro atoms. The van der Waals surface area contributed by atoms with E-state index in [0.29, 0.717) is 43.9 Å². The van der Waals surface area contributed by atoms with Crippen molar-refractivity contribution in [3.63, 3.8) is 0 Å². The first-order valence-corrected chi connectivity index (χ1v) is 16.7. The number of likely N-dealkylation sites (tertiary alicyclic amines) is 1. The van der Waals surface area contributed by atoms with Crippen LogP contribution in [0.3, 0.4) is 0 Å². The van der Waals surface area contributed by atoms with Gasteiger partial charge in [0.2, 0.25) is 0 Å². The maximum absolute atomic E-state index is 14.3. The number of urea groups is 1. The van der Waals surface area contributed by atoms with Gasteiger partial charge in [-0.1, -0.05) is 61.4 Å². The SMILES string of the molecule is O=C(NC1(C(=O)N(CCc2ccccc2)C(=O)NCCCN2CCC3(CC2)OCCO3)CCCC1)c1cc2ccccc2s1. The van der Waals surface area contributed by atoms with Gasteiger partial charge in [0.15, 0.2) is 5.79 Å². The Balaban J connectivity index is 1.10. The molecule has 2 saturated heterocycles. The molecule has 3 heterocycles. The fraction of sp³-hybridized carbons (Fsp3) is 0.500. The van der Waals surface area contributed by atoms with Crippen molar-refractivity contribution >= 4 is 39.3 Å². The average molecular weight is 619 g/mol. The zero-order chi connectivity index (χ0) is 30.4. The fourth-order valence-corrected chi connectivity index (χ4v) is 7.64. The molecular weight excluding hydrogens is 576 g/mol. The van der Waals surface area contributed by atoms with E-state index in [1.165, 1.54) is 16.2 Å². The summed E-state index contributed by atoms with van der Waals surface area (Å²) in [6.07, 6.45) is 5.70. The molecule has 2 aliphatic heterocycles. The number of ether oxygens (including phenoxy) is 2. The largest absolute Gasteiger partial charge is 0.347 e. The van der Waals surface area contributed by atoms with Crippen LogP contribution in [-0.2, 0) is 20.7 Å². The zero-order valence-electron chi connectivity index (χ0n) is 25.2. The Morgan fingerprint density at radius 3 is 2.34 bits per heavy atom. The van der Waals surface area contributed by atoms with Crippen molar-refractivity contribution < 1.29 is 23.9 Å². The van der Waals surface area contributed by atoms with Crippen molar-refractivity contribution in [2.75, 3.05) is 45.9 Å². The quantitative estimate of drug-likeness (QED) is 0.312. The molecular formula is C34H42N4O5S. The highest BCUT2D eigenvalue weighted by molar-refractivity contribution is 7.20. The van der Waals surface area contributed by atoms with Crippen LogP contribution < -0.4 is 10.6 Å². The third-order valence-corrected chi connectivity index (χ3v) is 10.3.